The number of carbonyl (C=O) groups is 1. The fourth-order valence-corrected chi connectivity index (χ4v) is 2.10. The summed E-state index contributed by atoms with van der Waals surface area (Å²) in [5.74, 6) is -1.04. The highest BCUT2D eigenvalue weighted by molar-refractivity contribution is 7.80. The Labute approximate surface area is 137 Å². The highest BCUT2D eigenvalue weighted by atomic mass is 32.1. The summed E-state index contributed by atoms with van der Waals surface area (Å²) in [5.41, 5.74) is 1.91. The van der Waals surface area contributed by atoms with Gasteiger partial charge in [0.2, 0.25) is 0 Å². The predicted octanol–water partition coefficient (Wildman–Crippen LogP) is 3.41. The first-order chi connectivity index (χ1) is 10.9. The van der Waals surface area contributed by atoms with Crippen molar-refractivity contribution in [1.82, 2.24) is 0 Å². The Kier molecular flexibility index (Phi) is 4.87. The quantitative estimate of drug-likeness (QED) is 0.448. The van der Waals surface area contributed by atoms with E-state index in [4.69, 9.17) is 17.3 Å². The van der Waals surface area contributed by atoms with E-state index in [0.29, 0.717) is 11.4 Å². The minimum atomic E-state index is -1.04. The summed E-state index contributed by atoms with van der Waals surface area (Å²) in [6.07, 6.45) is 0. The Bertz CT molecular complexity index is 792. The van der Waals surface area contributed by atoms with Gasteiger partial charge < -0.3 is 15.7 Å². The van der Waals surface area contributed by atoms with Crippen LogP contribution in [-0.2, 0) is 0 Å². The third-order valence-electron chi connectivity index (χ3n) is 3.05. The van der Waals surface area contributed by atoms with Gasteiger partial charge in [-0.05, 0) is 42.9 Å². The van der Waals surface area contributed by atoms with Crippen molar-refractivity contribution in [2.45, 2.75) is 6.92 Å². The number of anilines is 2. The van der Waals surface area contributed by atoms with Crippen molar-refractivity contribution in [2.24, 2.45) is 0 Å². The summed E-state index contributed by atoms with van der Waals surface area (Å²) in [6, 6.07) is 10.6. The number of thiocarbonyl (C=S) groups is 1. The standard InChI is InChI=1S/C15H13N3O4S/c1-9-5-6-10(14(19)20)7-13(9)17-15(23)16-11-3-2-4-12(8-11)18(21)22/h2-8H,1H3,(H,19,20)(H2,16,17,23). The number of hydrogen-bond acceptors (Lipinski definition) is 4. The summed E-state index contributed by atoms with van der Waals surface area (Å²) >= 11 is 5.16. The van der Waals surface area contributed by atoms with Gasteiger partial charge in [-0.2, -0.15) is 0 Å². The Morgan fingerprint density at radius 3 is 2.61 bits per heavy atom. The maximum atomic E-state index is 11.0. The molecule has 2 rings (SSSR count). The molecule has 23 heavy (non-hydrogen) atoms. The summed E-state index contributed by atoms with van der Waals surface area (Å²) in [6.45, 7) is 1.81. The fourth-order valence-electron chi connectivity index (χ4n) is 1.87. The minimum absolute atomic E-state index is 0.0538. The molecule has 0 atom stereocenters. The van der Waals surface area contributed by atoms with E-state index in [1.807, 2.05) is 6.92 Å². The first kappa shape index (κ1) is 16.4. The number of nitro benzene ring substituents is 1. The molecule has 0 fully saturated rings. The molecule has 0 unspecified atom stereocenters. The molecule has 7 nitrogen and oxygen atoms in total. The van der Waals surface area contributed by atoms with Gasteiger partial charge in [-0.15, -0.1) is 0 Å². The maximum Gasteiger partial charge on any atom is 0.335 e. The second-order valence-electron chi connectivity index (χ2n) is 4.72. The molecular formula is C15H13N3O4S. The first-order valence-corrected chi connectivity index (χ1v) is 6.94. The number of aryl methyl sites for hydroxylation is 1. The molecule has 0 saturated heterocycles. The number of carboxylic acids is 1. The van der Waals surface area contributed by atoms with Crippen LogP contribution in [0.4, 0.5) is 17.1 Å². The van der Waals surface area contributed by atoms with Gasteiger partial charge in [-0.1, -0.05) is 12.1 Å². The molecule has 8 heteroatoms. The van der Waals surface area contributed by atoms with E-state index in [2.05, 4.69) is 10.6 Å². The van der Waals surface area contributed by atoms with E-state index in [1.165, 1.54) is 24.3 Å². The highest BCUT2D eigenvalue weighted by Crippen LogP contribution is 2.19. The smallest absolute Gasteiger partial charge is 0.335 e. The SMILES string of the molecule is Cc1ccc(C(=O)O)cc1NC(=S)Nc1cccc([N+](=O)[O-])c1. The second kappa shape index (κ2) is 6.84. The molecule has 0 aromatic heterocycles. The molecule has 0 radical (unpaired) electrons. The van der Waals surface area contributed by atoms with Gasteiger partial charge in [0.15, 0.2) is 5.11 Å². The van der Waals surface area contributed by atoms with Gasteiger partial charge >= 0.3 is 5.97 Å². The zero-order valence-corrected chi connectivity index (χ0v) is 12.9. The van der Waals surface area contributed by atoms with Crippen molar-refractivity contribution in [3.8, 4) is 0 Å². The van der Waals surface area contributed by atoms with Gasteiger partial charge in [0.1, 0.15) is 0 Å². The lowest BCUT2D eigenvalue weighted by atomic mass is 10.1. The largest absolute Gasteiger partial charge is 0.478 e. The first-order valence-electron chi connectivity index (χ1n) is 6.53. The lowest BCUT2D eigenvalue weighted by Crippen LogP contribution is -2.20. The van der Waals surface area contributed by atoms with Crippen LogP contribution in [0.2, 0.25) is 0 Å². The van der Waals surface area contributed by atoms with Crippen molar-refractivity contribution < 1.29 is 14.8 Å². The van der Waals surface area contributed by atoms with E-state index in [9.17, 15) is 14.9 Å². The van der Waals surface area contributed by atoms with Gasteiger partial charge in [0, 0.05) is 23.5 Å². The van der Waals surface area contributed by atoms with Crippen molar-refractivity contribution in [3.63, 3.8) is 0 Å². The molecule has 0 bridgehead atoms. The van der Waals surface area contributed by atoms with Gasteiger partial charge in [0.25, 0.3) is 5.69 Å². The summed E-state index contributed by atoms with van der Waals surface area (Å²) < 4.78 is 0. The number of non-ortho nitro benzene ring substituents is 1. The molecular weight excluding hydrogens is 318 g/mol. The van der Waals surface area contributed by atoms with Crippen LogP contribution in [0.25, 0.3) is 0 Å². The third-order valence-corrected chi connectivity index (χ3v) is 3.25. The van der Waals surface area contributed by atoms with Crippen LogP contribution in [-0.4, -0.2) is 21.1 Å². The molecule has 0 spiro atoms. The Morgan fingerprint density at radius 2 is 1.96 bits per heavy atom. The maximum absolute atomic E-state index is 11.0. The van der Waals surface area contributed by atoms with Crippen molar-refractivity contribution in [3.05, 3.63) is 63.7 Å². The molecule has 0 heterocycles. The van der Waals surface area contributed by atoms with E-state index in [-0.39, 0.29) is 16.4 Å². The number of benzene rings is 2. The molecule has 118 valence electrons. The van der Waals surface area contributed by atoms with E-state index in [1.54, 1.807) is 18.2 Å². The van der Waals surface area contributed by atoms with Gasteiger partial charge in [-0.25, -0.2) is 4.79 Å². The number of rotatable bonds is 4. The molecule has 0 aliphatic carbocycles. The van der Waals surface area contributed by atoms with Crippen molar-refractivity contribution >= 4 is 40.4 Å². The topological polar surface area (TPSA) is 104 Å². The van der Waals surface area contributed by atoms with E-state index in [0.717, 1.165) is 5.56 Å². The highest BCUT2D eigenvalue weighted by Gasteiger charge is 2.09. The zero-order chi connectivity index (χ0) is 17.0. The Balaban J connectivity index is 2.14. The van der Waals surface area contributed by atoms with E-state index >= 15 is 0 Å². The summed E-state index contributed by atoms with van der Waals surface area (Å²) in [5, 5.41) is 25.7. The molecule has 0 saturated carbocycles. The molecule has 0 amide bonds. The lowest BCUT2D eigenvalue weighted by molar-refractivity contribution is -0.384. The number of nitrogens with one attached hydrogen (secondary N) is 2. The van der Waals surface area contributed by atoms with Crippen molar-refractivity contribution in [2.75, 3.05) is 10.6 Å². The van der Waals surface area contributed by atoms with Crippen LogP contribution >= 0.6 is 12.2 Å². The fraction of sp³-hybridized carbons (Fsp3) is 0.0667. The van der Waals surface area contributed by atoms with E-state index < -0.39 is 10.9 Å². The predicted molar refractivity (Wildman–Crippen MR) is 91.1 cm³/mol. The normalized spacial score (nSPS) is 9.96. The second-order valence-corrected chi connectivity index (χ2v) is 5.13. The number of nitrogens with zero attached hydrogens (tertiary/aromatic N) is 1. The molecule has 0 aliphatic rings. The Morgan fingerprint density at radius 1 is 1.22 bits per heavy atom. The molecule has 0 aliphatic heterocycles. The minimum Gasteiger partial charge on any atom is -0.478 e. The average Bonchev–Trinajstić information content (AvgIpc) is 2.49. The van der Waals surface area contributed by atoms with Crippen LogP contribution in [0.3, 0.4) is 0 Å². The van der Waals surface area contributed by atoms with Gasteiger partial charge in [-0.3, -0.25) is 10.1 Å². The molecule has 2 aromatic carbocycles. The molecule has 2 aromatic rings. The average molecular weight is 331 g/mol. The summed E-state index contributed by atoms with van der Waals surface area (Å²) in [7, 11) is 0. The van der Waals surface area contributed by atoms with Crippen LogP contribution in [0, 0.1) is 17.0 Å². The van der Waals surface area contributed by atoms with Crippen LogP contribution in [0.5, 0.6) is 0 Å². The Hall–Kier alpha value is -3.00. The van der Waals surface area contributed by atoms with Crippen molar-refractivity contribution in [1.29, 1.82) is 0 Å². The summed E-state index contributed by atoms with van der Waals surface area (Å²) in [4.78, 5) is 21.3. The van der Waals surface area contributed by atoms with Crippen LogP contribution in [0.1, 0.15) is 15.9 Å². The third kappa shape index (κ3) is 4.24. The zero-order valence-electron chi connectivity index (χ0n) is 12.1. The van der Waals surface area contributed by atoms with Gasteiger partial charge in [0.05, 0.1) is 10.5 Å². The molecule has 3 N–H and O–H groups in total. The number of hydrogen-bond donors (Lipinski definition) is 3. The van der Waals surface area contributed by atoms with Crippen LogP contribution < -0.4 is 10.6 Å². The van der Waals surface area contributed by atoms with Crippen LogP contribution in [0.15, 0.2) is 42.5 Å². The number of aromatic carboxylic acids is 1. The lowest BCUT2D eigenvalue weighted by Gasteiger charge is -2.13. The monoisotopic (exact) mass is 331 g/mol. The number of nitro groups is 1. The number of carboxylic acid groups (broad SMARTS) is 1.